The first-order chi connectivity index (χ1) is 9.54. The molecule has 0 aliphatic rings. The van der Waals surface area contributed by atoms with Crippen LogP contribution in [0.25, 0.3) is 0 Å². The smallest absolute Gasteiger partial charge is 0.306 e. The van der Waals surface area contributed by atoms with Crippen LogP contribution in [-0.4, -0.2) is 16.1 Å². The van der Waals surface area contributed by atoms with Gasteiger partial charge in [0.2, 0.25) is 0 Å². The number of hydrogen-bond donors (Lipinski definition) is 0. The first kappa shape index (κ1) is 14.5. The first-order valence-corrected chi connectivity index (χ1v) is 6.66. The summed E-state index contributed by atoms with van der Waals surface area (Å²) in [7, 11) is 0. The minimum absolute atomic E-state index is 0.276. The van der Waals surface area contributed by atoms with E-state index in [1.54, 1.807) is 19.9 Å². The Morgan fingerprint density at radius 1 is 1.50 bits per heavy atom. The summed E-state index contributed by atoms with van der Waals surface area (Å²) in [4.78, 5) is 15.8. The molecule has 1 heterocycles. The molecule has 106 valence electrons. The highest BCUT2D eigenvalue weighted by molar-refractivity contribution is 6.30. The van der Waals surface area contributed by atoms with Gasteiger partial charge in [-0.1, -0.05) is 28.9 Å². The van der Waals surface area contributed by atoms with Crippen LogP contribution in [0.4, 0.5) is 0 Å². The summed E-state index contributed by atoms with van der Waals surface area (Å²) in [6.07, 6.45) is 0.315. The predicted octanol–water partition coefficient (Wildman–Crippen LogP) is 3.27. The van der Waals surface area contributed by atoms with E-state index in [1.807, 2.05) is 18.2 Å². The van der Waals surface area contributed by atoms with Gasteiger partial charge in [-0.25, -0.2) is 0 Å². The minimum atomic E-state index is -0.539. The fraction of sp³-hybridized carbons (Fsp3) is 0.357. The van der Waals surface area contributed by atoms with E-state index in [-0.39, 0.29) is 12.4 Å². The van der Waals surface area contributed by atoms with Crippen molar-refractivity contribution in [3.05, 3.63) is 46.6 Å². The Morgan fingerprint density at radius 3 is 2.95 bits per heavy atom. The molecule has 0 saturated heterocycles. The Labute approximate surface area is 121 Å². The van der Waals surface area contributed by atoms with Gasteiger partial charge in [-0.2, -0.15) is 4.98 Å². The van der Waals surface area contributed by atoms with Crippen LogP contribution in [0.5, 0.6) is 0 Å². The third kappa shape index (κ3) is 4.06. The Hall–Kier alpha value is -1.88. The van der Waals surface area contributed by atoms with Crippen molar-refractivity contribution in [1.82, 2.24) is 10.1 Å². The Balaban J connectivity index is 1.83. The molecule has 6 heteroatoms. The molecule has 5 nitrogen and oxygen atoms in total. The number of ether oxygens (including phenoxy) is 1. The molecule has 2 rings (SSSR count). The van der Waals surface area contributed by atoms with Crippen LogP contribution in [-0.2, 0) is 16.0 Å². The molecule has 0 saturated carbocycles. The van der Waals surface area contributed by atoms with E-state index in [0.717, 1.165) is 5.56 Å². The molecule has 0 aliphatic carbocycles. The average Bonchev–Trinajstić information content (AvgIpc) is 2.83. The topological polar surface area (TPSA) is 65.2 Å². The van der Waals surface area contributed by atoms with Crippen molar-refractivity contribution in [3.8, 4) is 0 Å². The third-order valence-corrected chi connectivity index (χ3v) is 2.94. The zero-order valence-corrected chi connectivity index (χ0v) is 12.1. The van der Waals surface area contributed by atoms with E-state index >= 15 is 0 Å². The second kappa shape index (κ2) is 6.52. The normalized spacial score (nSPS) is 12.2. The number of benzene rings is 1. The number of halogens is 1. The van der Waals surface area contributed by atoms with Crippen molar-refractivity contribution in [2.45, 2.75) is 32.8 Å². The Kier molecular flexibility index (Phi) is 4.74. The standard InChI is InChI=1S/C14H15ClN2O3/c1-9(14-16-10(2)17-20-14)19-13(18)7-6-11-4-3-5-12(15)8-11/h3-5,8-9H,6-7H2,1-2H3. The van der Waals surface area contributed by atoms with Gasteiger partial charge in [0, 0.05) is 11.4 Å². The molecule has 0 spiro atoms. The van der Waals surface area contributed by atoms with Crippen LogP contribution >= 0.6 is 11.6 Å². The summed E-state index contributed by atoms with van der Waals surface area (Å²) >= 11 is 5.88. The second-order valence-electron chi connectivity index (χ2n) is 4.44. The SMILES string of the molecule is Cc1noc(C(C)OC(=O)CCc2cccc(Cl)c2)n1. The number of hydrogen-bond acceptors (Lipinski definition) is 5. The van der Waals surface area contributed by atoms with E-state index in [1.165, 1.54) is 0 Å². The number of aromatic nitrogens is 2. The van der Waals surface area contributed by atoms with E-state index in [4.69, 9.17) is 20.9 Å². The molecule has 0 N–H and O–H groups in total. The number of carbonyl (C=O) groups excluding carboxylic acids is 1. The van der Waals surface area contributed by atoms with E-state index in [2.05, 4.69) is 10.1 Å². The molecule has 0 amide bonds. The van der Waals surface area contributed by atoms with Crippen LogP contribution < -0.4 is 0 Å². The summed E-state index contributed by atoms with van der Waals surface area (Å²) in [5.41, 5.74) is 0.996. The number of esters is 1. The summed E-state index contributed by atoms with van der Waals surface area (Å²) in [5, 5.41) is 4.31. The Morgan fingerprint density at radius 2 is 2.30 bits per heavy atom. The summed E-state index contributed by atoms with van der Waals surface area (Å²) in [6.45, 7) is 3.41. The monoisotopic (exact) mass is 294 g/mol. The molecule has 20 heavy (non-hydrogen) atoms. The van der Waals surface area contributed by atoms with Gasteiger partial charge in [-0.05, 0) is 38.0 Å². The maximum atomic E-state index is 11.7. The predicted molar refractivity (Wildman–Crippen MR) is 73.3 cm³/mol. The van der Waals surface area contributed by atoms with Gasteiger partial charge in [0.1, 0.15) is 0 Å². The minimum Gasteiger partial charge on any atom is -0.453 e. The van der Waals surface area contributed by atoms with Gasteiger partial charge < -0.3 is 9.26 Å². The van der Waals surface area contributed by atoms with Crippen LogP contribution in [0.2, 0.25) is 5.02 Å². The molecule has 1 unspecified atom stereocenters. The quantitative estimate of drug-likeness (QED) is 0.792. The summed E-state index contributed by atoms with van der Waals surface area (Å²) in [6, 6.07) is 7.40. The molecular weight excluding hydrogens is 280 g/mol. The number of carbonyl (C=O) groups is 1. The van der Waals surface area contributed by atoms with Crippen LogP contribution in [0.1, 0.15) is 36.7 Å². The van der Waals surface area contributed by atoms with Gasteiger partial charge in [-0.3, -0.25) is 4.79 Å². The van der Waals surface area contributed by atoms with E-state index in [9.17, 15) is 4.79 Å². The van der Waals surface area contributed by atoms with E-state index < -0.39 is 6.10 Å². The van der Waals surface area contributed by atoms with Gasteiger partial charge in [0.15, 0.2) is 11.9 Å². The summed E-state index contributed by atoms with van der Waals surface area (Å²) in [5.74, 6) is 0.508. The summed E-state index contributed by atoms with van der Waals surface area (Å²) < 4.78 is 10.2. The third-order valence-electron chi connectivity index (χ3n) is 2.71. The number of rotatable bonds is 5. The molecule has 1 aromatic carbocycles. The molecule has 1 atom stereocenters. The lowest BCUT2D eigenvalue weighted by Gasteiger charge is -2.09. The fourth-order valence-electron chi connectivity index (χ4n) is 1.72. The van der Waals surface area contributed by atoms with Gasteiger partial charge >= 0.3 is 5.97 Å². The lowest BCUT2D eigenvalue weighted by Crippen LogP contribution is -2.10. The average molecular weight is 295 g/mol. The lowest BCUT2D eigenvalue weighted by atomic mass is 10.1. The molecule has 2 aromatic rings. The zero-order valence-electron chi connectivity index (χ0n) is 11.3. The number of aryl methyl sites for hydroxylation is 2. The number of nitrogens with zero attached hydrogens (tertiary/aromatic N) is 2. The molecule has 0 fully saturated rings. The molecule has 0 bridgehead atoms. The van der Waals surface area contributed by atoms with Crippen molar-refractivity contribution in [3.63, 3.8) is 0 Å². The van der Waals surface area contributed by atoms with Crippen molar-refractivity contribution in [1.29, 1.82) is 0 Å². The van der Waals surface area contributed by atoms with Gasteiger partial charge in [0.25, 0.3) is 5.89 Å². The van der Waals surface area contributed by atoms with Crippen molar-refractivity contribution in [2.24, 2.45) is 0 Å². The highest BCUT2D eigenvalue weighted by Gasteiger charge is 2.17. The van der Waals surface area contributed by atoms with Crippen molar-refractivity contribution < 1.29 is 14.1 Å². The second-order valence-corrected chi connectivity index (χ2v) is 4.88. The van der Waals surface area contributed by atoms with Gasteiger partial charge in [0.05, 0.1) is 0 Å². The largest absolute Gasteiger partial charge is 0.453 e. The molecule has 0 radical (unpaired) electrons. The maximum absolute atomic E-state index is 11.7. The Bertz CT molecular complexity index is 598. The van der Waals surface area contributed by atoms with Crippen molar-refractivity contribution in [2.75, 3.05) is 0 Å². The highest BCUT2D eigenvalue weighted by atomic mass is 35.5. The van der Waals surface area contributed by atoms with Crippen LogP contribution in [0.3, 0.4) is 0 Å². The van der Waals surface area contributed by atoms with Crippen LogP contribution in [0.15, 0.2) is 28.8 Å². The van der Waals surface area contributed by atoms with Crippen LogP contribution in [0, 0.1) is 6.92 Å². The maximum Gasteiger partial charge on any atom is 0.306 e. The van der Waals surface area contributed by atoms with E-state index in [0.29, 0.717) is 23.2 Å². The fourth-order valence-corrected chi connectivity index (χ4v) is 1.94. The first-order valence-electron chi connectivity index (χ1n) is 6.28. The highest BCUT2D eigenvalue weighted by Crippen LogP contribution is 2.16. The molecule has 1 aromatic heterocycles. The molecular formula is C14H15ClN2O3. The lowest BCUT2D eigenvalue weighted by molar-refractivity contribution is -0.149. The van der Waals surface area contributed by atoms with Crippen molar-refractivity contribution >= 4 is 17.6 Å². The zero-order chi connectivity index (χ0) is 14.5. The molecule has 0 aliphatic heterocycles. The van der Waals surface area contributed by atoms with Gasteiger partial charge in [-0.15, -0.1) is 0 Å².